The first-order valence-electron chi connectivity index (χ1n) is 33.1. The van der Waals surface area contributed by atoms with Crippen molar-refractivity contribution in [2.45, 2.75) is 348 Å². The van der Waals surface area contributed by atoms with Crippen molar-refractivity contribution in [2.24, 2.45) is 35.5 Å². The van der Waals surface area contributed by atoms with E-state index >= 15 is 0 Å². The van der Waals surface area contributed by atoms with Crippen LogP contribution in [0.1, 0.15) is 280 Å². The number of aliphatic hydroxyl groups excluding tert-OH is 6. The fraction of sp³-hybridized carbons (Fsp3) is 0.969. The zero-order valence-electron chi connectivity index (χ0n) is 52.6. The number of carbonyl (C=O) groups is 2. The van der Waals surface area contributed by atoms with Crippen LogP contribution in [0.4, 0.5) is 0 Å². The lowest BCUT2D eigenvalue weighted by Crippen LogP contribution is -2.65. The van der Waals surface area contributed by atoms with Crippen LogP contribution in [0.15, 0.2) is 0 Å². The van der Waals surface area contributed by atoms with Crippen molar-refractivity contribution in [1.29, 1.82) is 0 Å². The van der Waals surface area contributed by atoms with Crippen molar-refractivity contribution in [3.05, 3.63) is 0 Å². The number of hydrogen-bond donors (Lipinski definition) is 7. The Bertz CT molecular complexity index is 1710. The van der Waals surface area contributed by atoms with E-state index in [-0.39, 0.29) is 24.4 Å². The number of aliphatic hydroxyl groups is 6. The van der Waals surface area contributed by atoms with E-state index in [0.717, 1.165) is 70.6 Å². The van der Waals surface area contributed by atoms with Gasteiger partial charge in [-0.2, -0.15) is 8.42 Å². The van der Waals surface area contributed by atoms with Crippen molar-refractivity contribution in [1.82, 2.24) is 0 Å². The molecule has 0 amide bonds. The molecule has 0 aromatic carbocycles. The van der Waals surface area contributed by atoms with Gasteiger partial charge in [-0.25, -0.2) is 4.18 Å². The van der Waals surface area contributed by atoms with Gasteiger partial charge in [-0.1, -0.05) is 229 Å². The van der Waals surface area contributed by atoms with Gasteiger partial charge in [-0.15, -0.1) is 0 Å². The highest BCUT2D eigenvalue weighted by Gasteiger charge is 2.55. The van der Waals surface area contributed by atoms with Crippen LogP contribution in [0.3, 0.4) is 0 Å². The molecule has 2 aliphatic rings. The van der Waals surface area contributed by atoms with Gasteiger partial charge in [0.2, 0.25) is 6.29 Å². The average Bonchev–Trinajstić information content (AvgIpc) is 3.51. The summed E-state index contributed by atoms with van der Waals surface area (Å²) in [5.41, 5.74) is 0. The van der Waals surface area contributed by atoms with Gasteiger partial charge >= 0.3 is 22.3 Å². The van der Waals surface area contributed by atoms with E-state index in [1.807, 2.05) is 0 Å². The Labute approximate surface area is 497 Å². The summed E-state index contributed by atoms with van der Waals surface area (Å²) in [6.45, 7) is 15.5. The van der Waals surface area contributed by atoms with Gasteiger partial charge in [0, 0.05) is 6.42 Å². The van der Waals surface area contributed by atoms with Crippen LogP contribution in [-0.2, 0) is 47.9 Å². The fourth-order valence-corrected chi connectivity index (χ4v) is 13.1. The molecule has 0 saturated carbocycles. The summed E-state index contributed by atoms with van der Waals surface area (Å²) >= 11 is 0. The Morgan fingerprint density at radius 2 is 0.854 bits per heavy atom. The molecule has 2 heterocycles. The molecule has 2 saturated heterocycles. The minimum absolute atomic E-state index is 0.0570. The van der Waals surface area contributed by atoms with E-state index in [1.54, 1.807) is 6.92 Å². The second-order valence-corrected chi connectivity index (χ2v) is 26.7. The summed E-state index contributed by atoms with van der Waals surface area (Å²) in [5, 5.41) is 64.3. The number of ether oxygens (including phenoxy) is 5. The van der Waals surface area contributed by atoms with E-state index in [1.165, 1.54) is 135 Å². The standard InChI is InChI=1S/C64H122O17S/c1-9-11-13-15-17-19-21-23-24-26-27-29-31-33-35-37-52(67)50(7)42-48(5)40-46(3)39-47(4)41-49(6)43-51(8)62(72)79-59-57(70)54(45-66)77-64(80-63-60(81-82(73,74)75)58(71)56(69)53(44-65)76-63)61(59)78-55(68)38-36-34-32-30-28-25-22-20-18-16-14-12-10-2/h46-54,56-61,63-67,69-71H,9-45H2,1-8H3,(H,73,74,75). The molecule has 7 N–H and O–H groups in total. The van der Waals surface area contributed by atoms with Crippen LogP contribution in [0, 0.1) is 35.5 Å². The second kappa shape index (κ2) is 44.8. The summed E-state index contributed by atoms with van der Waals surface area (Å²) in [6.07, 6.45) is 20.6. The minimum Gasteiger partial charge on any atom is -0.455 e. The van der Waals surface area contributed by atoms with Crippen molar-refractivity contribution in [2.75, 3.05) is 13.2 Å². The van der Waals surface area contributed by atoms with E-state index in [0.29, 0.717) is 30.6 Å². The molecule has 486 valence electrons. The van der Waals surface area contributed by atoms with E-state index in [9.17, 15) is 53.2 Å². The van der Waals surface area contributed by atoms with Gasteiger partial charge in [-0.3, -0.25) is 14.1 Å². The SMILES string of the molecule is CCCCCCCCCCCCCCCCCC(O)C(C)CC(C)CC(C)CC(C)CC(C)CC(C)C(=O)OC1C(O)C(CO)OC(OC2OC(CO)C(O)C(O)C2OS(=O)(=O)O)C1OC(=O)CCCCCCCCCCCCCCC. The first-order valence-corrected chi connectivity index (χ1v) is 34.5. The molecule has 0 aliphatic carbocycles. The lowest BCUT2D eigenvalue weighted by atomic mass is 9.81. The predicted molar refractivity (Wildman–Crippen MR) is 321 cm³/mol. The third-order valence-corrected chi connectivity index (χ3v) is 17.7. The smallest absolute Gasteiger partial charge is 0.397 e. The average molecular weight is 1200 g/mol. The highest BCUT2D eigenvalue weighted by molar-refractivity contribution is 7.80. The molecule has 17 nitrogen and oxygen atoms in total. The second-order valence-electron chi connectivity index (χ2n) is 25.7. The number of hydrogen-bond acceptors (Lipinski definition) is 16. The third kappa shape index (κ3) is 33.0. The first-order chi connectivity index (χ1) is 39.1. The minimum atomic E-state index is -5.32. The van der Waals surface area contributed by atoms with Gasteiger partial charge in [0.05, 0.1) is 25.2 Å². The molecule has 18 heteroatoms. The maximum atomic E-state index is 14.0. The summed E-state index contributed by atoms with van der Waals surface area (Å²) in [6, 6.07) is 0. The van der Waals surface area contributed by atoms with Crippen LogP contribution in [0.25, 0.3) is 0 Å². The van der Waals surface area contributed by atoms with Gasteiger partial charge in [-0.05, 0) is 74.5 Å². The molecule has 2 fully saturated rings. The summed E-state index contributed by atoms with van der Waals surface area (Å²) < 4.78 is 67.3. The molecule has 0 spiro atoms. The lowest BCUT2D eigenvalue weighted by molar-refractivity contribution is -0.374. The molecule has 0 aromatic rings. The molecule has 2 rings (SSSR count). The number of unbranched alkanes of at least 4 members (excludes halogenated alkanes) is 26. The van der Waals surface area contributed by atoms with Gasteiger partial charge in [0.1, 0.15) is 30.5 Å². The van der Waals surface area contributed by atoms with Crippen molar-refractivity contribution in [3.63, 3.8) is 0 Å². The molecule has 0 bridgehead atoms. The topological polar surface area (TPSA) is 265 Å². The van der Waals surface area contributed by atoms with Crippen LogP contribution in [-0.4, -0.2) is 136 Å². The Morgan fingerprint density at radius 3 is 1.28 bits per heavy atom. The quantitative estimate of drug-likeness (QED) is 0.0170. The first kappa shape index (κ1) is 76.5. The number of carbonyl (C=O) groups excluding carboxylic acids is 2. The monoisotopic (exact) mass is 1190 g/mol. The van der Waals surface area contributed by atoms with Crippen LogP contribution >= 0.6 is 0 Å². The van der Waals surface area contributed by atoms with E-state index in [2.05, 4.69) is 52.6 Å². The molecule has 0 aromatic heterocycles. The van der Waals surface area contributed by atoms with Crippen LogP contribution in [0.2, 0.25) is 0 Å². The largest absolute Gasteiger partial charge is 0.455 e. The normalized spacial score (nSPS) is 25.9. The zero-order chi connectivity index (χ0) is 60.9. The van der Waals surface area contributed by atoms with Crippen molar-refractivity contribution >= 4 is 22.3 Å². The highest BCUT2D eigenvalue weighted by Crippen LogP contribution is 2.35. The molecular weight excluding hydrogens is 1070 g/mol. The Morgan fingerprint density at radius 1 is 0.476 bits per heavy atom. The molecule has 17 unspecified atom stereocenters. The Hall–Kier alpha value is -1.55. The Kier molecular flexibility index (Phi) is 41.8. The van der Waals surface area contributed by atoms with Gasteiger partial charge in [0.15, 0.2) is 24.6 Å². The highest BCUT2D eigenvalue weighted by atomic mass is 32.3. The molecule has 2 aliphatic heterocycles. The van der Waals surface area contributed by atoms with Gasteiger partial charge in [0.25, 0.3) is 0 Å². The Balaban J connectivity index is 1.97. The predicted octanol–water partition coefficient (Wildman–Crippen LogP) is 12.4. The summed E-state index contributed by atoms with van der Waals surface area (Å²) in [4.78, 5) is 27.6. The van der Waals surface area contributed by atoms with E-state index < -0.39 is 103 Å². The lowest BCUT2D eigenvalue weighted by Gasteiger charge is -2.46. The number of esters is 2. The fourth-order valence-electron chi connectivity index (χ4n) is 12.6. The van der Waals surface area contributed by atoms with E-state index in [4.69, 9.17) is 23.7 Å². The molecular formula is C64H122O17S. The summed E-state index contributed by atoms with van der Waals surface area (Å²) in [5.74, 6) is -0.545. The van der Waals surface area contributed by atoms with Crippen molar-refractivity contribution in [3.8, 4) is 0 Å². The maximum Gasteiger partial charge on any atom is 0.397 e. The van der Waals surface area contributed by atoms with Crippen LogP contribution in [0.5, 0.6) is 0 Å². The molecule has 17 atom stereocenters. The van der Waals surface area contributed by atoms with Crippen molar-refractivity contribution < 1.29 is 81.1 Å². The van der Waals surface area contributed by atoms with Crippen LogP contribution < -0.4 is 0 Å². The third-order valence-electron chi connectivity index (χ3n) is 17.2. The summed E-state index contributed by atoms with van der Waals surface area (Å²) in [7, 11) is -5.32. The number of rotatable bonds is 50. The zero-order valence-corrected chi connectivity index (χ0v) is 53.4. The molecule has 0 radical (unpaired) electrons. The van der Waals surface area contributed by atoms with Gasteiger partial charge < -0.3 is 54.3 Å². The maximum absolute atomic E-state index is 14.0. The molecule has 82 heavy (non-hydrogen) atoms.